The molecule has 66 valence electrons. The molecule has 2 rings (SSSR count). The third kappa shape index (κ3) is 1.31. The Balaban J connectivity index is 2.78. The van der Waals surface area contributed by atoms with Crippen molar-refractivity contribution in [2.24, 2.45) is 0 Å². The lowest BCUT2D eigenvalue weighted by atomic mass is 9.79. The van der Waals surface area contributed by atoms with Crippen LogP contribution < -0.4 is 5.46 Å². The smallest absolute Gasteiger partial charge is 0.423 e. The number of aromatic amines is 1. The predicted octanol–water partition coefficient (Wildman–Crippen LogP) is -0.104. The standard InChI is InChI=1S/C7H6BClN2O2/c9-6-2-1-5(8(12)13)7-4(6)3-10-11-7/h1-3,12-13H,(H,10,11). The number of hydrogen-bond acceptors (Lipinski definition) is 3. The molecule has 13 heavy (non-hydrogen) atoms. The summed E-state index contributed by atoms with van der Waals surface area (Å²) < 4.78 is 0. The second kappa shape index (κ2) is 3.03. The molecular weight excluding hydrogens is 190 g/mol. The van der Waals surface area contributed by atoms with Gasteiger partial charge in [0, 0.05) is 10.8 Å². The summed E-state index contributed by atoms with van der Waals surface area (Å²) in [4.78, 5) is 0. The fraction of sp³-hybridized carbons (Fsp3) is 0. The van der Waals surface area contributed by atoms with E-state index in [0.29, 0.717) is 21.4 Å². The van der Waals surface area contributed by atoms with E-state index in [4.69, 9.17) is 21.6 Å². The third-order valence-electron chi connectivity index (χ3n) is 1.87. The van der Waals surface area contributed by atoms with E-state index in [1.807, 2.05) is 0 Å². The molecule has 1 heterocycles. The lowest BCUT2D eigenvalue weighted by Crippen LogP contribution is -2.30. The van der Waals surface area contributed by atoms with Crippen LogP contribution in [0.15, 0.2) is 18.3 Å². The number of halogens is 1. The van der Waals surface area contributed by atoms with E-state index in [9.17, 15) is 0 Å². The van der Waals surface area contributed by atoms with E-state index in [1.165, 1.54) is 0 Å². The van der Waals surface area contributed by atoms with Gasteiger partial charge in [-0.05, 0) is 6.07 Å². The number of nitrogens with one attached hydrogen (secondary N) is 1. The van der Waals surface area contributed by atoms with Gasteiger partial charge in [0.1, 0.15) is 0 Å². The van der Waals surface area contributed by atoms with Crippen molar-refractivity contribution < 1.29 is 10.0 Å². The summed E-state index contributed by atoms with van der Waals surface area (Å²) >= 11 is 5.85. The quantitative estimate of drug-likeness (QED) is 0.558. The first-order chi connectivity index (χ1) is 6.20. The Morgan fingerprint density at radius 3 is 2.85 bits per heavy atom. The summed E-state index contributed by atoms with van der Waals surface area (Å²) in [6, 6.07) is 3.15. The molecular formula is C7H6BClN2O2. The first-order valence-electron chi connectivity index (χ1n) is 3.68. The molecule has 1 aromatic heterocycles. The van der Waals surface area contributed by atoms with Gasteiger partial charge in [-0.3, -0.25) is 5.10 Å². The fourth-order valence-electron chi connectivity index (χ4n) is 1.24. The second-order valence-electron chi connectivity index (χ2n) is 2.67. The molecule has 0 aliphatic rings. The summed E-state index contributed by atoms with van der Waals surface area (Å²) in [5.74, 6) is 0. The Morgan fingerprint density at radius 1 is 1.38 bits per heavy atom. The molecule has 0 saturated heterocycles. The molecule has 0 bridgehead atoms. The lowest BCUT2D eigenvalue weighted by Gasteiger charge is -2.01. The number of benzene rings is 1. The number of rotatable bonds is 1. The normalized spacial score (nSPS) is 10.7. The van der Waals surface area contributed by atoms with Gasteiger partial charge < -0.3 is 10.0 Å². The van der Waals surface area contributed by atoms with Crippen molar-refractivity contribution in [3.63, 3.8) is 0 Å². The average Bonchev–Trinajstić information content (AvgIpc) is 2.53. The van der Waals surface area contributed by atoms with Gasteiger partial charge in [0.05, 0.1) is 16.7 Å². The number of H-pyrrole nitrogens is 1. The van der Waals surface area contributed by atoms with Gasteiger partial charge >= 0.3 is 7.12 Å². The van der Waals surface area contributed by atoms with Crippen molar-refractivity contribution in [3.8, 4) is 0 Å². The van der Waals surface area contributed by atoms with Crippen molar-refractivity contribution in [1.29, 1.82) is 0 Å². The summed E-state index contributed by atoms with van der Waals surface area (Å²) in [7, 11) is -1.51. The molecule has 0 aliphatic carbocycles. The summed E-state index contributed by atoms with van der Waals surface area (Å²) in [5.41, 5.74) is 0.930. The van der Waals surface area contributed by atoms with Crippen molar-refractivity contribution in [2.75, 3.05) is 0 Å². The van der Waals surface area contributed by atoms with Crippen LogP contribution in [0.5, 0.6) is 0 Å². The molecule has 2 aromatic rings. The van der Waals surface area contributed by atoms with Gasteiger partial charge in [0.25, 0.3) is 0 Å². The van der Waals surface area contributed by atoms with Crippen LogP contribution >= 0.6 is 11.6 Å². The largest absolute Gasteiger partial charge is 0.490 e. The van der Waals surface area contributed by atoms with Gasteiger partial charge in [-0.25, -0.2) is 0 Å². The molecule has 0 atom stereocenters. The molecule has 0 saturated carbocycles. The molecule has 3 N–H and O–H groups in total. The van der Waals surface area contributed by atoms with Crippen LogP contribution in [0.4, 0.5) is 0 Å². The minimum absolute atomic E-state index is 0.372. The lowest BCUT2D eigenvalue weighted by molar-refractivity contribution is 0.426. The van der Waals surface area contributed by atoms with Crippen LogP contribution in [0.25, 0.3) is 10.9 Å². The third-order valence-corrected chi connectivity index (χ3v) is 2.20. The van der Waals surface area contributed by atoms with Gasteiger partial charge in [-0.2, -0.15) is 5.10 Å². The van der Waals surface area contributed by atoms with Crippen LogP contribution in [0.1, 0.15) is 0 Å². The van der Waals surface area contributed by atoms with E-state index in [1.54, 1.807) is 18.3 Å². The van der Waals surface area contributed by atoms with Gasteiger partial charge in [-0.1, -0.05) is 17.7 Å². The summed E-state index contributed by atoms with van der Waals surface area (Å²) in [6.07, 6.45) is 1.55. The zero-order valence-electron chi connectivity index (χ0n) is 6.53. The number of hydrogen-bond donors (Lipinski definition) is 3. The maximum Gasteiger partial charge on any atom is 0.490 e. The van der Waals surface area contributed by atoms with E-state index < -0.39 is 7.12 Å². The highest BCUT2D eigenvalue weighted by Gasteiger charge is 2.16. The van der Waals surface area contributed by atoms with Gasteiger partial charge in [-0.15, -0.1) is 0 Å². The average molecular weight is 196 g/mol. The minimum atomic E-state index is -1.51. The second-order valence-corrected chi connectivity index (χ2v) is 3.08. The molecule has 0 amide bonds. The zero-order valence-corrected chi connectivity index (χ0v) is 7.28. The molecule has 4 nitrogen and oxygen atoms in total. The van der Waals surface area contributed by atoms with Crippen LogP contribution in [-0.4, -0.2) is 27.4 Å². The SMILES string of the molecule is OB(O)c1ccc(Cl)c2cn[nH]c12. The molecule has 0 aliphatic heterocycles. The Bertz CT molecular complexity index is 443. The monoisotopic (exact) mass is 196 g/mol. The molecule has 1 aromatic carbocycles. The number of aromatic nitrogens is 2. The van der Waals surface area contributed by atoms with Crippen molar-refractivity contribution in [3.05, 3.63) is 23.4 Å². The van der Waals surface area contributed by atoms with E-state index in [0.717, 1.165) is 0 Å². The number of nitrogens with zero attached hydrogens (tertiary/aromatic N) is 1. The van der Waals surface area contributed by atoms with Crippen LogP contribution in [0.3, 0.4) is 0 Å². The Kier molecular flexibility index (Phi) is 1.99. The summed E-state index contributed by atoms with van der Waals surface area (Å²) in [6.45, 7) is 0. The van der Waals surface area contributed by atoms with E-state index in [-0.39, 0.29) is 0 Å². The zero-order chi connectivity index (χ0) is 9.42. The van der Waals surface area contributed by atoms with Crippen LogP contribution in [0.2, 0.25) is 5.02 Å². The maximum absolute atomic E-state index is 9.00. The fourth-order valence-corrected chi connectivity index (χ4v) is 1.44. The highest BCUT2D eigenvalue weighted by Crippen LogP contribution is 2.19. The number of fused-ring (bicyclic) bond motifs is 1. The maximum atomic E-state index is 9.00. The molecule has 0 unspecified atom stereocenters. The van der Waals surface area contributed by atoms with E-state index >= 15 is 0 Å². The topological polar surface area (TPSA) is 69.1 Å². The Morgan fingerprint density at radius 2 is 2.15 bits per heavy atom. The predicted molar refractivity (Wildman–Crippen MR) is 50.9 cm³/mol. The summed E-state index contributed by atoms with van der Waals surface area (Å²) in [5, 5.41) is 25.6. The van der Waals surface area contributed by atoms with Crippen molar-refractivity contribution >= 4 is 35.1 Å². The van der Waals surface area contributed by atoms with Gasteiger partial charge in [0.2, 0.25) is 0 Å². The van der Waals surface area contributed by atoms with Crippen molar-refractivity contribution in [1.82, 2.24) is 10.2 Å². The Hall–Kier alpha value is -1.04. The van der Waals surface area contributed by atoms with Crippen LogP contribution in [0, 0.1) is 0 Å². The van der Waals surface area contributed by atoms with Crippen molar-refractivity contribution in [2.45, 2.75) is 0 Å². The van der Waals surface area contributed by atoms with E-state index in [2.05, 4.69) is 10.2 Å². The molecule has 6 heteroatoms. The first-order valence-corrected chi connectivity index (χ1v) is 4.05. The molecule has 0 fully saturated rings. The van der Waals surface area contributed by atoms with Crippen LogP contribution in [-0.2, 0) is 0 Å². The molecule has 0 radical (unpaired) electrons. The minimum Gasteiger partial charge on any atom is -0.423 e. The molecule has 0 spiro atoms. The Labute approximate surface area is 79.3 Å². The highest BCUT2D eigenvalue weighted by atomic mass is 35.5. The first kappa shape index (κ1) is 8.56. The van der Waals surface area contributed by atoms with Gasteiger partial charge in [0.15, 0.2) is 0 Å². The highest BCUT2D eigenvalue weighted by molar-refractivity contribution is 6.62.